The van der Waals surface area contributed by atoms with Gasteiger partial charge in [0.2, 0.25) is 23.6 Å². The third kappa shape index (κ3) is 21.0. The lowest BCUT2D eigenvalue weighted by atomic mass is 9.73. The Morgan fingerprint density at radius 1 is 0.800 bits per heavy atom. The number of β-amino-alcohol motifs (C(OH)–C–C–N with tert-alkyl or cyclic N) is 1. The van der Waals surface area contributed by atoms with E-state index in [1.165, 1.54) is 45.6 Å². The van der Waals surface area contributed by atoms with Gasteiger partial charge in [0, 0.05) is 113 Å². The van der Waals surface area contributed by atoms with Crippen LogP contribution >= 0.6 is 34.7 Å². The predicted molar refractivity (Wildman–Crippen MR) is 405 cm³/mol. The first kappa shape index (κ1) is 80.1. The summed E-state index contributed by atoms with van der Waals surface area (Å²) in [6, 6.07) is 27.3. The Morgan fingerprint density at radius 3 is 2.12 bits per heavy atom. The number of nitrogens with one attached hydrogen (secondary N) is 4. The van der Waals surface area contributed by atoms with Crippen molar-refractivity contribution in [3.8, 4) is 10.4 Å². The fourth-order valence-corrected chi connectivity index (χ4v) is 17.8. The highest BCUT2D eigenvalue weighted by atomic mass is 35.5. The van der Waals surface area contributed by atoms with Gasteiger partial charge in [-0.1, -0.05) is 113 Å². The molecule has 566 valence electrons. The van der Waals surface area contributed by atoms with Crippen LogP contribution in [0.4, 0.5) is 24.5 Å². The molecule has 6 aromatic rings. The minimum Gasteiger partial charge on any atom is -0.391 e. The summed E-state index contributed by atoms with van der Waals surface area (Å²) in [5.74, 6) is -2.23. The first-order valence-electron chi connectivity index (χ1n) is 35.7. The Morgan fingerprint density at radius 2 is 1.48 bits per heavy atom. The van der Waals surface area contributed by atoms with Crippen molar-refractivity contribution in [2.45, 2.75) is 163 Å². The van der Waals surface area contributed by atoms with Crippen LogP contribution in [-0.2, 0) is 39.0 Å². The number of aliphatic hydroxyl groups excluding tert-OH is 1. The van der Waals surface area contributed by atoms with E-state index in [0.29, 0.717) is 88.3 Å². The van der Waals surface area contributed by atoms with Crippen LogP contribution in [0.3, 0.4) is 0 Å². The Hall–Kier alpha value is -7.44. The summed E-state index contributed by atoms with van der Waals surface area (Å²) in [6.07, 6.45) is 5.74. The van der Waals surface area contributed by atoms with Crippen molar-refractivity contribution in [2.75, 3.05) is 88.0 Å². The Balaban J connectivity index is 0.690. The lowest BCUT2D eigenvalue weighted by molar-refractivity contribution is -0.144. The molecule has 3 fully saturated rings. The molecule has 0 saturated carbocycles. The maximum atomic E-state index is 14.6. The number of nitrogens with zero attached hydrogens (tertiary/aromatic N) is 7. The van der Waals surface area contributed by atoms with E-state index < -0.39 is 94.3 Å². The smallest absolute Gasteiger partial charge is 0.391 e. The quantitative estimate of drug-likeness (QED) is 0.0226. The molecule has 4 aromatic carbocycles. The van der Waals surface area contributed by atoms with Crippen LogP contribution in [0.25, 0.3) is 16.0 Å². The molecule has 2 aromatic heterocycles. The number of aliphatic hydroxyl groups is 1. The summed E-state index contributed by atoms with van der Waals surface area (Å²) in [7, 11) is -11.2. The molecule has 29 heteroatoms. The SMILES string of the molecule is Cc1ncsc1-c1ccc([C@H](C)NC(=O)[C@@H]2C[C@@H](O)CN2C(=O)[C@@H](NC(=O)CCCCCC(=O)N2CCN(CC[C@H](CSc3ccccc3)Nc3ccc(S(=O)(=O)NC(=O)c4ccc(N5CCN(CC6=C(c7ccc(Cl)cc7)CCC(C)(C)C6)CC5)cn4)cc3S(=O)(=O)C(F)(F)F)CC2)C(C)(C)C)cc1. The molecule has 3 aliphatic heterocycles. The molecule has 0 unspecified atom stereocenters. The molecule has 5 amide bonds. The largest absolute Gasteiger partial charge is 0.501 e. The predicted octanol–water partition coefficient (Wildman–Crippen LogP) is 11.8. The Labute approximate surface area is 627 Å². The molecule has 4 aliphatic rings. The average molecular weight is 1540 g/mol. The Bertz CT molecular complexity index is 4300. The summed E-state index contributed by atoms with van der Waals surface area (Å²) in [5, 5.41) is 20.4. The highest BCUT2D eigenvalue weighted by molar-refractivity contribution is 7.99. The maximum absolute atomic E-state index is 14.6. The second kappa shape index (κ2) is 34.6. The van der Waals surface area contributed by atoms with E-state index in [0.717, 1.165) is 77.6 Å². The van der Waals surface area contributed by atoms with Crippen LogP contribution in [0.5, 0.6) is 0 Å². The molecule has 10 rings (SSSR count). The number of rotatable bonds is 28. The number of thiazole rings is 1. The monoisotopic (exact) mass is 1540 g/mol. The van der Waals surface area contributed by atoms with Gasteiger partial charge in [0.1, 0.15) is 22.7 Å². The average Bonchev–Trinajstić information content (AvgIpc) is 0.849. The van der Waals surface area contributed by atoms with Crippen molar-refractivity contribution in [3.63, 3.8) is 0 Å². The molecule has 5 N–H and O–H groups in total. The lowest BCUT2D eigenvalue weighted by Gasteiger charge is -2.39. The first-order valence-corrected chi connectivity index (χ1v) is 40.9. The molecule has 1 aliphatic carbocycles. The number of anilines is 2. The normalized spacial score (nSPS) is 18.7. The van der Waals surface area contributed by atoms with Gasteiger partial charge < -0.3 is 35.8 Å². The minimum atomic E-state index is -6.20. The van der Waals surface area contributed by atoms with Crippen molar-refractivity contribution in [1.29, 1.82) is 0 Å². The first-order chi connectivity index (χ1) is 49.7. The number of benzene rings is 4. The molecular formula is C76H95ClF3N11O10S4. The topological polar surface area (TPSA) is 264 Å². The Kier molecular flexibility index (Phi) is 26.4. The van der Waals surface area contributed by atoms with E-state index in [2.05, 4.69) is 66.6 Å². The van der Waals surface area contributed by atoms with Gasteiger partial charge in [0.25, 0.3) is 25.8 Å². The van der Waals surface area contributed by atoms with E-state index in [1.54, 1.807) is 27.8 Å². The highest BCUT2D eigenvalue weighted by Gasteiger charge is 2.49. The molecule has 3 saturated heterocycles. The van der Waals surface area contributed by atoms with Crippen molar-refractivity contribution < 1.29 is 59.1 Å². The summed E-state index contributed by atoms with van der Waals surface area (Å²) in [4.78, 5) is 86.6. The maximum Gasteiger partial charge on any atom is 0.501 e. The standard InChI is InChI=1S/C76H95ClF3N11O10S4/c1-50(52-18-20-54(21-19-52)69-51(2)82-49-103-69)83-72(96)65-42-59(92)47-91(65)73(97)70(74(3,4)5)85-67(93)16-12-9-13-17-68(94)90-40-34-87(35-41-90)33-31-57(48-102-60-14-10-8-11-15-60)84-63-29-27-61(43-66(63)104(98,99)76(78,79)80)105(100,101)86-71(95)64-28-26-58(45-81-64)89-38-36-88(37-39-89)46-55-44-75(6,7)32-30-62(55)53-22-24-56(77)25-23-53/h8,10-11,14-15,18-29,43,45,49-50,57,59,65,70,84,92H,9,12-13,16-17,30-42,44,46-48H2,1-7H3,(H,83,96)(H,85,93)(H,86,95)/t50-,57+,59+,65-,70+/m0/s1. The molecular weight excluding hydrogens is 1450 g/mol. The van der Waals surface area contributed by atoms with Crippen LogP contribution in [0.15, 0.2) is 141 Å². The molecule has 21 nitrogen and oxygen atoms in total. The summed E-state index contributed by atoms with van der Waals surface area (Å²) < 4.78 is 100. The van der Waals surface area contributed by atoms with E-state index >= 15 is 0 Å². The van der Waals surface area contributed by atoms with Crippen LogP contribution < -0.4 is 25.6 Å². The number of carbonyl (C=O) groups excluding carboxylic acids is 5. The summed E-state index contributed by atoms with van der Waals surface area (Å²) in [5.41, 5.74) is 2.08. The van der Waals surface area contributed by atoms with E-state index in [9.17, 15) is 59.1 Å². The van der Waals surface area contributed by atoms with Gasteiger partial charge in [0.05, 0.1) is 50.7 Å². The zero-order chi connectivity index (χ0) is 75.6. The highest BCUT2D eigenvalue weighted by Crippen LogP contribution is 2.44. The number of allylic oxidation sites excluding steroid dienone is 1. The van der Waals surface area contributed by atoms with Gasteiger partial charge in [-0.05, 0) is 140 Å². The number of thioether (sulfide) groups is 1. The van der Waals surface area contributed by atoms with Crippen molar-refractivity contribution in [2.24, 2.45) is 10.8 Å². The van der Waals surface area contributed by atoms with Crippen LogP contribution in [-0.4, -0.2) is 189 Å². The number of sulfonamides is 1. The molecule has 105 heavy (non-hydrogen) atoms. The van der Waals surface area contributed by atoms with E-state index in [-0.39, 0.29) is 54.5 Å². The summed E-state index contributed by atoms with van der Waals surface area (Å²) in [6.45, 7) is 19.6. The molecule has 0 bridgehead atoms. The number of amides is 5. The molecule has 5 atom stereocenters. The van der Waals surface area contributed by atoms with Crippen LogP contribution in [0, 0.1) is 17.8 Å². The van der Waals surface area contributed by atoms with Crippen LogP contribution in [0.2, 0.25) is 5.02 Å². The third-order valence-electron chi connectivity index (χ3n) is 20.0. The number of aryl methyl sites for hydroxylation is 1. The number of hydrogen-bond acceptors (Lipinski definition) is 18. The van der Waals surface area contributed by atoms with Gasteiger partial charge >= 0.3 is 5.51 Å². The number of alkyl halides is 3. The fourth-order valence-electron chi connectivity index (χ4n) is 13.9. The second-order valence-electron chi connectivity index (χ2n) is 29.6. The number of unbranched alkanes of at least 4 members (excludes halogenated alkanes) is 2. The zero-order valence-electron chi connectivity index (χ0n) is 60.4. The van der Waals surface area contributed by atoms with Crippen LogP contribution in [0.1, 0.15) is 139 Å². The van der Waals surface area contributed by atoms with Crippen molar-refractivity contribution >= 4 is 101 Å². The number of piperazine rings is 2. The number of halogens is 4. The number of likely N-dealkylation sites (tertiary alicyclic amines) is 1. The second-order valence-corrected chi connectivity index (χ2v) is 35.5. The van der Waals surface area contributed by atoms with E-state index in [4.69, 9.17) is 11.6 Å². The number of hydrogen-bond donors (Lipinski definition) is 5. The number of pyridine rings is 1. The van der Waals surface area contributed by atoms with Gasteiger partial charge in [0.15, 0.2) is 0 Å². The number of aromatic nitrogens is 2. The molecule has 5 heterocycles. The summed E-state index contributed by atoms with van der Waals surface area (Å²) >= 11 is 9.16. The number of sulfone groups is 1. The minimum absolute atomic E-state index is 0.0463. The number of carbonyl (C=O) groups is 5. The fraction of sp³-hybridized carbons (Fsp3) is 0.487. The molecule has 0 spiro atoms. The van der Waals surface area contributed by atoms with Gasteiger partial charge in [-0.25, -0.2) is 31.5 Å². The van der Waals surface area contributed by atoms with E-state index in [1.807, 2.05) is 106 Å². The third-order valence-corrected chi connectivity index (χ3v) is 25.3. The van der Waals surface area contributed by atoms with Gasteiger partial charge in [-0.3, -0.25) is 33.8 Å². The van der Waals surface area contributed by atoms with Crippen molar-refractivity contribution in [3.05, 3.63) is 154 Å². The zero-order valence-corrected chi connectivity index (χ0v) is 64.4. The lowest BCUT2D eigenvalue weighted by Crippen LogP contribution is -2.57. The van der Waals surface area contributed by atoms with Gasteiger partial charge in [-0.15, -0.1) is 23.1 Å². The van der Waals surface area contributed by atoms with Gasteiger partial charge in [-0.2, -0.15) is 13.2 Å². The van der Waals surface area contributed by atoms with Crippen molar-refractivity contribution in [1.82, 2.24) is 44.9 Å². The molecule has 0 radical (unpaired) electrons.